The molecule has 2 aromatic rings. The number of amidine groups is 1. The summed E-state index contributed by atoms with van der Waals surface area (Å²) in [4.78, 5) is 2.08. The topological polar surface area (TPSA) is 84.2 Å². The van der Waals surface area contributed by atoms with Crippen molar-refractivity contribution in [3.8, 4) is 5.75 Å². The fraction of sp³-hybridized carbons (Fsp3) is 0.357. The van der Waals surface area contributed by atoms with Crippen LogP contribution < -0.4 is 10.5 Å². The molecular formula is C14H19N3O3. The predicted octanol–water partition coefficient (Wildman–Crippen LogP) is 1.86. The highest BCUT2D eigenvalue weighted by molar-refractivity contribution is 6.03. The lowest BCUT2D eigenvalue weighted by Crippen LogP contribution is -2.17. The van der Waals surface area contributed by atoms with Crippen molar-refractivity contribution in [2.45, 2.75) is 6.42 Å². The summed E-state index contributed by atoms with van der Waals surface area (Å²) in [6.07, 6.45) is 0.877. The van der Waals surface area contributed by atoms with Gasteiger partial charge in [-0.1, -0.05) is 17.3 Å². The molecule has 0 saturated carbocycles. The molecule has 1 heterocycles. The maximum atomic E-state index is 8.82. The third-order valence-electron chi connectivity index (χ3n) is 2.89. The first-order chi connectivity index (χ1) is 9.63. The predicted molar refractivity (Wildman–Crippen MR) is 77.4 cm³/mol. The zero-order valence-electron chi connectivity index (χ0n) is 11.7. The van der Waals surface area contributed by atoms with Crippen molar-refractivity contribution in [3.63, 3.8) is 0 Å². The molecule has 0 amide bonds. The molecule has 6 nitrogen and oxygen atoms in total. The molecular weight excluding hydrogens is 258 g/mol. The lowest BCUT2D eigenvalue weighted by Gasteiger charge is -2.10. The van der Waals surface area contributed by atoms with Gasteiger partial charge in [-0.2, -0.15) is 0 Å². The van der Waals surface area contributed by atoms with E-state index in [0.29, 0.717) is 17.9 Å². The quantitative estimate of drug-likeness (QED) is 0.277. The van der Waals surface area contributed by atoms with Crippen LogP contribution in [0.2, 0.25) is 0 Å². The van der Waals surface area contributed by atoms with Crippen LogP contribution in [0.4, 0.5) is 0 Å². The highest BCUT2D eigenvalue weighted by atomic mass is 16.5. The molecule has 0 aliphatic rings. The second-order valence-corrected chi connectivity index (χ2v) is 4.75. The van der Waals surface area contributed by atoms with E-state index in [1.165, 1.54) is 0 Å². The lowest BCUT2D eigenvalue weighted by molar-refractivity contribution is 0.279. The maximum Gasteiger partial charge on any atom is 0.215 e. The van der Waals surface area contributed by atoms with E-state index in [1.807, 2.05) is 38.4 Å². The number of benzene rings is 1. The van der Waals surface area contributed by atoms with Gasteiger partial charge >= 0.3 is 0 Å². The monoisotopic (exact) mass is 277 g/mol. The Balaban J connectivity index is 2.24. The van der Waals surface area contributed by atoms with Crippen LogP contribution in [0.1, 0.15) is 12.2 Å². The van der Waals surface area contributed by atoms with E-state index < -0.39 is 0 Å². The van der Waals surface area contributed by atoms with Crippen LogP contribution in [0.5, 0.6) is 5.75 Å². The largest absolute Gasteiger partial charge is 0.489 e. The molecule has 0 saturated heterocycles. The Bertz CT molecular complexity index is 605. The van der Waals surface area contributed by atoms with Gasteiger partial charge in [0.05, 0.1) is 12.0 Å². The zero-order chi connectivity index (χ0) is 14.5. The second-order valence-electron chi connectivity index (χ2n) is 4.75. The van der Waals surface area contributed by atoms with Crippen molar-refractivity contribution in [1.29, 1.82) is 0 Å². The lowest BCUT2D eigenvalue weighted by atomic mass is 10.2. The summed E-state index contributed by atoms with van der Waals surface area (Å²) in [5.41, 5.74) is 6.28. The van der Waals surface area contributed by atoms with Crippen LogP contribution in [-0.2, 0) is 0 Å². The number of fused-ring (bicyclic) bond motifs is 1. The number of hydrogen-bond acceptors (Lipinski definition) is 5. The number of para-hydroxylation sites is 1. The number of ether oxygens (including phenoxy) is 1. The number of rotatable bonds is 6. The van der Waals surface area contributed by atoms with Crippen molar-refractivity contribution in [2.24, 2.45) is 10.9 Å². The molecule has 0 unspecified atom stereocenters. The van der Waals surface area contributed by atoms with Crippen LogP contribution in [-0.4, -0.2) is 43.2 Å². The van der Waals surface area contributed by atoms with Gasteiger partial charge in [-0.25, -0.2) is 0 Å². The normalized spacial score (nSPS) is 12.2. The average molecular weight is 277 g/mol. The van der Waals surface area contributed by atoms with Gasteiger partial charge in [-0.05, 0) is 32.6 Å². The molecule has 0 spiro atoms. The van der Waals surface area contributed by atoms with Crippen LogP contribution in [0, 0.1) is 0 Å². The van der Waals surface area contributed by atoms with E-state index in [-0.39, 0.29) is 11.6 Å². The Labute approximate surface area is 117 Å². The minimum atomic E-state index is -0.0937. The smallest absolute Gasteiger partial charge is 0.215 e. The van der Waals surface area contributed by atoms with Crippen LogP contribution >= 0.6 is 0 Å². The summed E-state index contributed by atoms with van der Waals surface area (Å²) in [5, 5.41) is 12.6. The Morgan fingerprint density at radius 1 is 1.40 bits per heavy atom. The molecule has 20 heavy (non-hydrogen) atoms. The highest BCUT2D eigenvalue weighted by Crippen LogP contribution is 2.32. The third kappa shape index (κ3) is 3.03. The number of furan rings is 1. The highest BCUT2D eigenvalue weighted by Gasteiger charge is 2.18. The fourth-order valence-electron chi connectivity index (χ4n) is 1.93. The summed E-state index contributed by atoms with van der Waals surface area (Å²) in [5.74, 6) is 0.692. The molecule has 0 fully saturated rings. The van der Waals surface area contributed by atoms with Crippen molar-refractivity contribution < 1.29 is 14.4 Å². The molecule has 0 aliphatic carbocycles. The van der Waals surface area contributed by atoms with E-state index in [1.54, 1.807) is 0 Å². The van der Waals surface area contributed by atoms with E-state index >= 15 is 0 Å². The van der Waals surface area contributed by atoms with E-state index in [2.05, 4.69) is 10.1 Å². The summed E-state index contributed by atoms with van der Waals surface area (Å²) in [7, 11) is 4.02. The Morgan fingerprint density at radius 3 is 2.85 bits per heavy atom. The van der Waals surface area contributed by atoms with Gasteiger partial charge in [0.15, 0.2) is 5.75 Å². The molecule has 2 rings (SSSR count). The molecule has 0 atom stereocenters. The molecule has 6 heteroatoms. The van der Waals surface area contributed by atoms with Crippen molar-refractivity contribution in [1.82, 2.24) is 4.90 Å². The zero-order valence-corrected chi connectivity index (χ0v) is 11.7. The molecule has 0 bridgehead atoms. The van der Waals surface area contributed by atoms with E-state index in [9.17, 15) is 0 Å². The van der Waals surface area contributed by atoms with E-state index in [4.69, 9.17) is 20.1 Å². The van der Waals surface area contributed by atoms with Crippen LogP contribution in [0.15, 0.2) is 33.8 Å². The van der Waals surface area contributed by atoms with Crippen molar-refractivity contribution >= 4 is 16.8 Å². The Kier molecular flexibility index (Phi) is 4.47. The third-order valence-corrected chi connectivity index (χ3v) is 2.89. The van der Waals surface area contributed by atoms with Gasteiger partial charge < -0.3 is 25.0 Å². The number of nitrogens with two attached hydrogens (primary N) is 1. The fourth-order valence-corrected chi connectivity index (χ4v) is 1.93. The number of nitrogens with zero attached hydrogens (tertiary/aromatic N) is 2. The number of hydrogen-bond donors (Lipinski definition) is 2. The minimum Gasteiger partial charge on any atom is -0.489 e. The molecule has 0 radical (unpaired) electrons. The standard InChI is InChI=1S/C14H19N3O3/c1-17(2)8-5-9-19-12-10-6-3-4-7-11(10)20-13(12)14(15)16-18/h3-4,6-7,18H,5,8-9H2,1-2H3,(H2,15,16). The average Bonchev–Trinajstić information content (AvgIpc) is 2.81. The summed E-state index contributed by atoms with van der Waals surface area (Å²) < 4.78 is 11.4. The van der Waals surface area contributed by atoms with Gasteiger partial charge in [0.1, 0.15) is 5.58 Å². The minimum absolute atomic E-state index is 0.0937. The van der Waals surface area contributed by atoms with Gasteiger partial charge in [0, 0.05) is 6.54 Å². The first-order valence-corrected chi connectivity index (χ1v) is 6.40. The van der Waals surface area contributed by atoms with Gasteiger partial charge in [0.25, 0.3) is 0 Å². The number of oxime groups is 1. The molecule has 3 N–H and O–H groups in total. The molecule has 1 aromatic heterocycles. The SMILES string of the molecule is CN(C)CCCOc1c(/C(N)=N/O)oc2ccccc12. The Hall–Kier alpha value is -2.21. The van der Waals surface area contributed by atoms with Gasteiger partial charge in [0.2, 0.25) is 11.6 Å². The van der Waals surface area contributed by atoms with Gasteiger partial charge in [-0.15, -0.1) is 0 Å². The molecule has 0 aliphatic heterocycles. The summed E-state index contributed by atoms with van der Waals surface area (Å²) in [6, 6.07) is 7.45. The summed E-state index contributed by atoms with van der Waals surface area (Å²) in [6.45, 7) is 1.46. The van der Waals surface area contributed by atoms with E-state index in [0.717, 1.165) is 18.4 Å². The first kappa shape index (κ1) is 14.2. The summed E-state index contributed by atoms with van der Waals surface area (Å²) >= 11 is 0. The van der Waals surface area contributed by atoms with Crippen LogP contribution in [0.25, 0.3) is 11.0 Å². The first-order valence-electron chi connectivity index (χ1n) is 6.40. The second kappa shape index (κ2) is 6.29. The molecule has 108 valence electrons. The van der Waals surface area contributed by atoms with Crippen molar-refractivity contribution in [2.75, 3.05) is 27.2 Å². The van der Waals surface area contributed by atoms with Gasteiger partial charge in [-0.3, -0.25) is 0 Å². The Morgan fingerprint density at radius 2 is 2.15 bits per heavy atom. The van der Waals surface area contributed by atoms with Crippen LogP contribution in [0.3, 0.4) is 0 Å². The maximum absolute atomic E-state index is 8.82. The molecule has 1 aromatic carbocycles. The van der Waals surface area contributed by atoms with Crippen molar-refractivity contribution in [3.05, 3.63) is 30.0 Å².